The maximum Gasteiger partial charge on any atom is 0.251 e. The Morgan fingerprint density at radius 2 is 1.51 bits per heavy atom. The van der Waals surface area contributed by atoms with Gasteiger partial charge in [-0.25, -0.2) is 0 Å². The summed E-state index contributed by atoms with van der Waals surface area (Å²) in [5.74, 6) is -1.36. The second-order valence-corrected chi connectivity index (χ2v) is 12.3. The molecule has 1 spiro atoms. The molecule has 1 unspecified atom stereocenters. The van der Waals surface area contributed by atoms with Crippen LogP contribution in [0.1, 0.15) is 6.92 Å². The zero-order valence-electron chi connectivity index (χ0n) is 21.9. The first-order chi connectivity index (χ1) is 18.8. The quantitative estimate of drug-likeness (QED) is 0.582. The van der Waals surface area contributed by atoms with E-state index in [0.29, 0.717) is 24.5 Å². The summed E-state index contributed by atoms with van der Waals surface area (Å²) in [6, 6.07) is 15.9. The Balaban J connectivity index is 1.45. The lowest BCUT2D eigenvalue weighted by Gasteiger charge is -2.36. The Bertz CT molecular complexity index is 1360. The molecule has 2 aromatic carbocycles. The van der Waals surface area contributed by atoms with Gasteiger partial charge in [0.1, 0.15) is 11.8 Å². The van der Waals surface area contributed by atoms with Crippen LogP contribution in [-0.2, 0) is 14.4 Å². The Kier molecular flexibility index (Phi) is 6.31. The molecule has 5 atom stereocenters. The molecule has 3 amide bonds. The van der Waals surface area contributed by atoms with Crippen LogP contribution in [-0.4, -0.2) is 76.6 Å². The molecule has 1 N–H and O–H groups in total. The highest BCUT2D eigenvalue weighted by Crippen LogP contribution is 2.65. The average Bonchev–Trinajstić information content (AvgIpc) is 3.20. The summed E-state index contributed by atoms with van der Waals surface area (Å²) in [5, 5.41) is 9.92. The third-order valence-corrected chi connectivity index (χ3v) is 10.1. The molecule has 0 bridgehead atoms. The number of aliphatic hydroxyl groups is 1. The van der Waals surface area contributed by atoms with Crippen LogP contribution in [0.5, 0.6) is 5.75 Å². The van der Waals surface area contributed by atoms with E-state index in [2.05, 4.69) is 0 Å². The van der Waals surface area contributed by atoms with Crippen LogP contribution in [0.15, 0.2) is 78.9 Å². The molecular formula is C30H31N3O5S. The summed E-state index contributed by atoms with van der Waals surface area (Å²) in [7, 11) is 1.59. The molecule has 2 fully saturated rings. The number of nitrogens with zero attached hydrogens (tertiary/aromatic N) is 3. The molecule has 9 heteroatoms. The maximum atomic E-state index is 14.3. The monoisotopic (exact) mass is 545 g/mol. The predicted octanol–water partition coefficient (Wildman–Crippen LogP) is 2.88. The smallest absolute Gasteiger partial charge is 0.251 e. The number of thioether (sulfide) groups is 1. The number of methoxy groups -OCH3 is 1. The van der Waals surface area contributed by atoms with Crippen molar-refractivity contribution in [2.45, 2.75) is 22.5 Å². The van der Waals surface area contributed by atoms with Gasteiger partial charge in [-0.1, -0.05) is 42.5 Å². The summed E-state index contributed by atoms with van der Waals surface area (Å²) in [6.07, 6.45) is 7.96. The maximum absolute atomic E-state index is 14.3. The number of hydrogen-bond acceptors (Lipinski definition) is 6. The number of fused-ring (bicyclic) bond motifs is 2. The number of hydrogen-bond donors (Lipinski definition) is 1. The summed E-state index contributed by atoms with van der Waals surface area (Å²) in [4.78, 5) is 47.7. The number of aliphatic hydroxyl groups excluding tert-OH is 1. The van der Waals surface area contributed by atoms with Crippen LogP contribution >= 0.6 is 11.8 Å². The summed E-state index contributed by atoms with van der Waals surface area (Å²) in [5.41, 5.74) is 1.46. The van der Waals surface area contributed by atoms with Gasteiger partial charge >= 0.3 is 0 Å². The molecule has 0 saturated carbocycles. The lowest BCUT2D eigenvalue weighted by atomic mass is 9.74. The van der Waals surface area contributed by atoms with Gasteiger partial charge in [-0.05, 0) is 43.3 Å². The van der Waals surface area contributed by atoms with E-state index in [1.165, 1.54) is 16.7 Å². The molecule has 39 heavy (non-hydrogen) atoms. The Morgan fingerprint density at radius 1 is 0.872 bits per heavy atom. The molecule has 202 valence electrons. The zero-order valence-corrected chi connectivity index (χ0v) is 22.7. The van der Waals surface area contributed by atoms with Crippen molar-refractivity contribution in [1.29, 1.82) is 0 Å². The average molecular weight is 546 g/mol. The van der Waals surface area contributed by atoms with Gasteiger partial charge < -0.3 is 24.5 Å². The number of likely N-dealkylation sites (tertiary alicyclic amines) is 1. The number of carbonyl (C=O) groups excluding carboxylic acids is 3. The third-order valence-electron chi connectivity index (χ3n) is 8.35. The fourth-order valence-corrected chi connectivity index (χ4v) is 8.86. The van der Waals surface area contributed by atoms with E-state index >= 15 is 0 Å². The number of carbonyl (C=O) groups is 3. The second kappa shape index (κ2) is 9.57. The minimum Gasteiger partial charge on any atom is -0.497 e. The first-order valence-electron chi connectivity index (χ1n) is 13.1. The van der Waals surface area contributed by atoms with Gasteiger partial charge in [-0.15, -0.1) is 11.8 Å². The number of benzene rings is 2. The van der Waals surface area contributed by atoms with E-state index < -0.39 is 27.4 Å². The number of amides is 3. The van der Waals surface area contributed by atoms with Gasteiger partial charge in [0, 0.05) is 35.8 Å². The minimum absolute atomic E-state index is 0.0220. The number of rotatable bonds is 5. The van der Waals surface area contributed by atoms with Crippen molar-refractivity contribution in [3.63, 3.8) is 0 Å². The Morgan fingerprint density at radius 3 is 2.18 bits per heavy atom. The molecule has 0 radical (unpaired) electrons. The Hall–Kier alpha value is -3.56. The molecule has 8 nitrogen and oxygen atoms in total. The number of para-hydroxylation sites is 1. The van der Waals surface area contributed by atoms with Gasteiger partial charge in [0.15, 0.2) is 0 Å². The normalized spacial score (nSPS) is 31.6. The Labute approximate surface area is 231 Å². The summed E-state index contributed by atoms with van der Waals surface area (Å²) in [6.45, 7) is 2.49. The highest BCUT2D eigenvalue weighted by atomic mass is 32.2. The largest absolute Gasteiger partial charge is 0.497 e. The fraction of sp³-hybridized carbons (Fsp3) is 0.367. The van der Waals surface area contributed by atoms with E-state index in [4.69, 9.17) is 4.74 Å². The predicted molar refractivity (Wildman–Crippen MR) is 151 cm³/mol. The van der Waals surface area contributed by atoms with Crippen molar-refractivity contribution < 1.29 is 24.2 Å². The first kappa shape index (κ1) is 25.7. The van der Waals surface area contributed by atoms with Crippen molar-refractivity contribution in [1.82, 2.24) is 4.90 Å². The van der Waals surface area contributed by atoms with Crippen molar-refractivity contribution in [3.05, 3.63) is 78.9 Å². The molecule has 4 aliphatic rings. The van der Waals surface area contributed by atoms with Gasteiger partial charge in [0.2, 0.25) is 11.8 Å². The van der Waals surface area contributed by atoms with Crippen molar-refractivity contribution in [2.75, 3.05) is 43.2 Å². The van der Waals surface area contributed by atoms with E-state index in [1.54, 1.807) is 29.0 Å². The highest BCUT2D eigenvalue weighted by molar-refractivity contribution is 8.02. The first-order valence-corrected chi connectivity index (χ1v) is 13.9. The van der Waals surface area contributed by atoms with E-state index in [9.17, 15) is 19.5 Å². The van der Waals surface area contributed by atoms with Gasteiger partial charge in [-0.3, -0.25) is 14.4 Å². The molecular weight excluding hydrogens is 514 g/mol. The van der Waals surface area contributed by atoms with Crippen molar-refractivity contribution in [3.8, 4) is 5.75 Å². The van der Waals surface area contributed by atoms with Crippen LogP contribution in [0.2, 0.25) is 0 Å². The second-order valence-electron chi connectivity index (χ2n) is 10.5. The number of β-amino-alcohol motifs (C(OH)–C–C–N with tert-alkyl or cyclic N) is 1. The lowest BCUT2D eigenvalue weighted by Crippen LogP contribution is -2.54. The van der Waals surface area contributed by atoms with Crippen LogP contribution in [0.3, 0.4) is 0 Å². The molecule has 0 aromatic heterocycles. The van der Waals surface area contributed by atoms with E-state index in [0.717, 1.165) is 5.69 Å². The fourth-order valence-electron chi connectivity index (χ4n) is 6.70. The molecule has 4 aliphatic heterocycles. The minimum atomic E-state index is -0.955. The standard InChI is InChI=1S/C30H31N3O5S/c1-29-14-6-16-31(20-8-4-3-5-9-20)26(35)23(29)24-27(36)33(18-19-34)25-28(37)32(17-7-15-30(24,25)39-29)21-10-12-22(38-2)13-11-21/h3-15,23-25,34H,16-19H2,1-2H3/t23-,24+,25?,29+,30+/m1/s1. The molecule has 0 aliphatic carbocycles. The third kappa shape index (κ3) is 3.82. The van der Waals surface area contributed by atoms with Crippen LogP contribution in [0, 0.1) is 11.8 Å². The van der Waals surface area contributed by atoms with Gasteiger partial charge in [-0.2, -0.15) is 0 Å². The molecule has 4 heterocycles. The molecule has 6 rings (SSSR count). The van der Waals surface area contributed by atoms with Crippen molar-refractivity contribution in [2.24, 2.45) is 11.8 Å². The van der Waals surface area contributed by atoms with E-state index in [1.807, 2.05) is 73.7 Å². The number of anilines is 2. The van der Waals surface area contributed by atoms with Gasteiger partial charge in [0.25, 0.3) is 5.91 Å². The van der Waals surface area contributed by atoms with E-state index in [-0.39, 0.29) is 30.9 Å². The van der Waals surface area contributed by atoms with Crippen LogP contribution in [0.25, 0.3) is 0 Å². The van der Waals surface area contributed by atoms with Crippen LogP contribution < -0.4 is 14.5 Å². The topological polar surface area (TPSA) is 90.4 Å². The summed E-state index contributed by atoms with van der Waals surface area (Å²) < 4.78 is 3.63. The van der Waals surface area contributed by atoms with Crippen molar-refractivity contribution >= 4 is 40.9 Å². The van der Waals surface area contributed by atoms with Gasteiger partial charge in [0.05, 0.1) is 30.3 Å². The SMILES string of the molecule is COc1ccc(N2CC=C[C@]34S[C@@]5(C)C=CCN(c6ccccc6)C(=O)[C@H]5[C@H]3C(=O)N(CCO)C4C2=O)cc1. The zero-order chi connectivity index (χ0) is 27.4. The summed E-state index contributed by atoms with van der Waals surface area (Å²) >= 11 is 1.53. The molecule has 2 aromatic rings. The number of ether oxygens (including phenoxy) is 1. The highest BCUT2D eigenvalue weighted by Gasteiger charge is 2.74. The van der Waals surface area contributed by atoms with Crippen LogP contribution in [0.4, 0.5) is 11.4 Å². The lowest BCUT2D eigenvalue weighted by molar-refractivity contribution is -0.139. The molecule has 2 saturated heterocycles.